The molecule has 1 aliphatic carbocycles. The highest BCUT2D eigenvalue weighted by atomic mass is 32.1. The van der Waals surface area contributed by atoms with E-state index in [0.29, 0.717) is 34.7 Å². The predicted molar refractivity (Wildman–Crippen MR) is 83.7 cm³/mol. The second-order valence-corrected chi connectivity index (χ2v) is 5.52. The Morgan fingerprint density at radius 2 is 2.15 bits per heavy atom. The number of ether oxygens (including phenoxy) is 1. The molecule has 20 heavy (non-hydrogen) atoms. The molecule has 0 unspecified atom stereocenters. The topological polar surface area (TPSA) is 64.3 Å². The van der Waals surface area contributed by atoms with Gasteiger partial charge in [0.15, 0.2) is 0 Å². The molecule has 0 aromatic heterocycles. The first-order valence-corrected chi connectivity index (χ1v) is 7.31. The first kappa shape index (κ1) is 14.9. The SMILES string of the molecule is CCOC1CC(CC(=O)Nc2ccccc2C(N)=S)C1. The maximum absolute atomic E-state index is 12.0. The molecule has 3 N–H and O–H groups in total. The zero-order valence-electron chi connectivity index (χ0n) is 11.6. The molecule has 0 heterocycles. The smallest absolute Gasteiger partial charge is 0.224 e. The number of hydrogen-bond donors (Lipinski definition) is 2. The van der Waals surface area contributed by atoms with Crippen molar-refractivity contribution in [3.05, 3.63) is 29.8 Å². The van der Waals surface area contributed by atoms with E-state index in [1.807, 2.05) is 31.2 Å². The van der Waals surface area contributed by atoms with Crippen molar-refractivity contribution in [1.82, 2.24) is 0 Å². The quantitative estimate of drug-likeness (QED) is 0.791. The van der Waals surface area contributed by atoms with Gasteiger partial charge in [-0.1, -0.05) is 24.4 Å². The largest absolute Gasteiger partial charge is 0.389 e. The zero-order valence-corrected chi connectivity index (χ0v) is 12.4. The van der Waals surface area contributed by atoms with Gasteiger partial charge in [0.25, 0.3) is 0 Å². The molecule has 1 fully saturated rings. The Hall–Kier alpha value is -1.46. The van der Waals surface area contributed by atoms with Crippen LogP contribution in [0.4, 0.5) is 5.69 Å². The molecule has 1 aromatic carbocycles. The Morgan fingerprint density at radius 1 is 1.45 bits per heavy atom. The standard InChI is InChI=1S/C15H20N2O2S/c1-2-19-11-7-10(8-11)9-14(18)17-13-6-4-3-5-12(13)15(16)20/h3-6,10-11H,2,7-9H2,1H3,(H2,16,20)(H,17,18). The fourth-order valence-electron chi connectivity index (χ4n) is 2.48. The molecule has 0 aliphatic heterocycles. The summed E-state index contributed by atoms with van der Waals surface area (Å²) in [6.45, 7) is 2.73. The van der Waals surface area contributed by atoms with Crippen molar-refractivity contribution in [1.29, 1.82) is 0 Å². The molecule has 0 saturated heterocycles. The number of nitrogens with two attached hydrogens (primary N) is 1. The molecular formula is C15H20N2O2S. The van der Waals surface area contributed by atoms with Crippen LogP contribution in [0.15, 0.2) is 24.3 Å². The Labute approximate surface area is 124 Å². The molecule has 1 aromatic rings. The number of thiocarbonyl (C=S) groups is 1. The number of para-hydroxylation sites is 1. The number of anilines is 1. The van der Waals surface area contributed by atoms with Gasteiger partial charge in [-0.2, -0.15) is 0 Å². The van der Waals surface area contributed by atoms with Crippen molar-refractivity contribution < 1.29 is 9.53 Å². The fourth-order valence-corrected chi connectivity index (χ4v) is 2.66. The van der Waals surface area contributed by atoms with Crippen LogP contribution in [0, 0.1) is 5.92 Å². The van der Waals surface area contributed by atoms with Crippen molar-refractivity contribution in [2.24, 2.45) is 11.7 Å². The van der Waals surface area contributed by atoms with Crippen LogP contribution in [0.25, 0.3) is 0 Å². The summed E-state index contributed by atoms with van der Waals surface area (Å²) in [4.78, 5) is 12.3. The number of nitrogens with one attached hydrogen (secondary N) is 1. The summed E-state index contributed by atoms with van der Waals surface area (Å²) in [5, 5.41) is 2.89. The third kappa shape index (κ3) is 3.77. The van der Waals surface area contributed by atoms with E-state index in [0.717, 1.165) is 19.4 Å². The third-order valence-electron chi connectivity index (χ3n) is 3.54. The highest BCUT2D eigenvalue weighted by molar-refractivity contribution is 7.80. The molecule has 2 rings (SSSR count). The second-order valence-electron chi connectivity index (χ2n) is 5.08. The van der Waals surface area contributed by atoms with Gasteiger partial charge in [-0.15, -0.1) is 0 Å². The summed E-state index contributed by atoms with van der Waals surface area (Å²) >= 11 is 4.98. The minimum Gasteiger partial charge on any atom is -0.389 e. The Bertz CT molecular complexity index is 498. The lowest BCUT2D eigenvalue weighted by atomic mass is 9.80. The van der Waals surface area contributed by atoms with Crippen LogP contribution in [0.5, 0.6) is 0 Å². The van der Waals surface area contributed by atoms with Crippen LogP contribution >= 0.6 is 12.2 Å². The first-order valence-electron chi connectivity index (χ1n) is 6.90. The van der Waals surface area contributed by atoms with E-state index in [-0.39, 0.29) is 5.91 Å². The van der Waals surface area contributed by atoms with Crippen LogP contribution < -0.4 is 11.1 Å². The first-order chi connectivity index (χ1) is 9.60. The monoisotopic (exact) mass is 292 g/mol. The molecule has 1 aliphatic rings. The second kappa shape index (κ2) is 6.81. The highest BCUT2D eigenvalue weighted by Gasteiger charge is 2.31. The van der Waals surface area contributed by atoms with Gasteiger partial charge in [-0.3, -0.25) is 4.79 Å². The van der Waals surface area contributed by atoms with Crippen LogP contribution in [0.1, 0.15) is 31.7 Å². The number of amides is 1. The Balaban J connectivity index is 1.85. The lowest BCUT2D eigenvalue weighted by Crippen LogP contribution is -2.34. The number of rotatable bonds is 6. The van der Waals surface area contributed by atoms with Gasteiger partial charge in [-0.25, -0.2) is 0 Å². The van der Waals surface area contributed by atoms with Crippen molar-refractivity contribution in [2.45, 2.75) is 32.3 Å². The van der Waals surface area contributed by atoms with E-state index >= 15 is 0 Å². The number of benzene rings is 1. The molecule has 4 nitrogen and oxygen atoms in total. The molecule has 0 spiro atoms. The van der Waals surface area contributed by atoms with E-state index in [9.17, 15) is 4.79 Å². The van der Waals surface area contributed by atoms with E-state index < -0.39 is 0 Å². The van der Waals surface area contributed by atoms with Gasteiger partial charge in [0, 0.05) is 18.6 Å². The van der Waals surface area contributed by atoms with Crippen LogP contribution in [-0.4, -0.2) is 23.6 Å². The van der Waals surface area contributed by atoms with E-state index in [1.165, 1.54) is 0 Å². The summed E-state index contributed by atoms with van der Waals surface area (Å²) in [6, 6.07) is 7.33. The van der Waals surface area contributed by atoms with Crippen LogP contribution in [0.2, 0.25) is 0 Å². The molecular weight excluding hydrogens is 272 g/mol. The van der Waals surface area contributed by atoms with Crippen molar-refractivity contribution in [2.75, 3.05) is 11.9 Å². The number of carbonyl (C=O) groups excluding carboxylic acids is 1. The van der Waals surface area contributed by atoms with E-state index in [2.05, 4.69) is 5.32 Å². The molecule has 0 bridgehead atoms. The third-order valence-corrected chi connectivity index (χ3v) is 3.76. The summed E-state index contributed by atoms with van der Waals surface area (Å²) in [5.74, 6) is 0.428. The normalized spacial score (nSPS) is 21.1. The number of hydrogen-bond acceptors (Lipinski definition) is 3. The average molecular weight is 292 g/mol. The summed E-state index contributed by atoms with van der Waals surface area (Å²) in [6.07, 6.45) is 2.80. The van der Waals surface area contributed by atoms with Crippen LogP contribution in [0.3, 0.4) is 0 Å². The van der Waals surface area contributed by atoms with Crippen molar-refractivity contribution in [3.8, 4) is 0 Å². The fraction of sp³-hybridized carbons (Fsp3) is 0.467. The van der Waals surface area contributed by atoms with Gasteiger partial charge in [0.2, 0.25) is 5.91 Å². The molecule has 0 atom stereocenters. The van der Waals surface area contributed by atoms with E-state index in [4.69, 9.17) is 22.7 Å². The van der Waals surface area contributed by atoms with Crippen LogP contribution in [-0.2, 0) is 9.53 Å². The predicted octanol–water partition coefficient (Wildman–Crippen LogP) is 2.46. The lowest BCUT2D eigenvalue weighted by Gasteiger charge is -2.34. The zero-order chi connectivity index (χ0) is 14.5. The van der Waals surface area contributed by atoms with Crippen molar-refractivity contribution >= 4 is 28.8 Å². The highest BCUT2D eigenvalue weighted by Crippen LogP contribution is 2.33. The molecule has 1 amide bonds. The van der Waals surface area contributed by atoms with Crippen molar-refractivity contribution in [3.63, 3.8) is 0 Å². The van der Waals surface area contributed by atoms with Gasteiger partial charge in [0.1, 0.15) is 4.99 Å². The lowest BCUT2D eigenvalue weighted by molar-refractivity contribution is -0.119. The Morgan fingerprint density at radius 3 is 2.80 bits per heavy atom. The minimum atomic E-state index is 0.00801. The van der Waals surface area contributed by atoms with Gasteiger partial charge in [-0.05, 0) is 37.8 Å². The van der Waals surface area contributed by atoms with E-state index in [1.54, 1.807) is 0 Å². The maximum Gasteiger partial charge on any atom is 0.224 e. The van der Waals surface area contributed by atoms with Gasteiger partial charge >= 0.3 is 0 Å². The average Bonchev–Trinajstić information content (AvgIpc) is 2.36. The summed E-state index contributed by atoms with van der Waals surface area (Å²) < 4.78 is 5.49. The Kier molecular flexibility index (Phi) is 5.09. The summed E-state index contributed by atoms with van der Waals surface area (Å²) in [5.41, 5.74) is 7.04. The maximum atomic E-state index is 12.0. The molecule has 108 valence electrons. The summed E-state index contributed by atoms with van der Waals surface area (Å²) in [7, 11) is 0. The van der Waals surface area contributed by atoms with Gasteiger partial charge < -0.3 is 15.8 Å². The molecule has 1 saturated carbocycles. The minimum absolute atomic E-state index is 0.00801. The number of carbonyl (C=O) groups is 1. The molecule has 5 heteroatoms. The molecule has 0 radical (unpaired) electrons. The van der Waals surface area contributed by atoms with Gasteiger partial charge in [0.05, 0.1) is 11.8 Å².